The molecule has 1 fully saturated rings. The Balaban J connectivity index is 2.57. The first kappa shape index (κ1) is 11.6. The first-order chi connectivity index (χ1) is 6.40. The zero-order valence-electron chi connectivity index (χ0n) is 8.48. The number of hydrogen-bond acceptors (Lipinski definition) is 2. The number of carbonyl (C=O) groups excluding carboxylic acids is 1. The van der Waals surface area contributed by atoms with Crippen LogP contribution in [0, 0.1) is 0 Å². The largest absolute Gasteiger partial charge is 0.319 e. The highest BCUT2D eigenvalue weighted by Gasteiger charge is 2.44. The molecule has 0 atom stereocenters. The van der Waals surface area contributed by atoms with Gasteiger partial charge in [0.05, 0.1) is 5.54 Å². The number of ketones is 1. The maximum Gasteiger partial charge on any atom is 0.248 e. The van der Waals surface area contributed by atoms with E-state index in [0.717, 1.165) is 6.42 Å². The molecule has 1 saturated carbocycles. The molecule has 0 heterocycles. The summed E-state index contributed by atoms with van der Waals surface area (Å²) in [5, 5.41) is 0. The van der Waals surface area contributed by atoms with Crippen molar-refractivity contribution in [2.75, 3.05) is 0 Å². The number of hydrogen-bond donors (Lipinski definition) is 1. The Bertz CT molecular complexity index is 218. The van der Waals surface area contributed by atoms with E-state index < -0.39 is 11.5 Å². The van der Waals surface area contributed by atoms with Crippen LogP contribution >= 0.6 is 0 Å². The fourth-order valence-electron chi connectivity index (χ4n) is 1.82. The summed E-state index contributed by atoms with van der Waals surface area (Å²) in [4.78, 5) is 11.6. The number of nitrogens with two attached hydrogens (primary N) is 1. The van der Waals surface area contributed by atoms with Crippen LogP contribution in [0.2, 0.25) is 0 Å². The minimum absolute atomic E-state index is 0.0597. The van der Waals surface area contributed by atoms with Crippen molar-refractivity contribution >= 4 is 5.78 Å². The summed E-state index contributed by atoms with van der Waals surface area (Å²) in [6, 6.07) is 0. The van der Waals surface area contributed by atoms with Gasteiger partial charge in [0.2, 0.25) is 5.92 Å². The van der Waals surface area contributed by atoms with E-state index in [9.17, 15) is 13.6 Å². The van der Waals surface area contributed by atoms with Gasteiger partial charge in [-0.3, -0.25) is 4.79 Å². The molecule has 0 aromatic carbocycles. The average molecular weight is 205 g/mol. The monoisotopic (exact) mass is 205 g/mol. The predicted octanol–water partition coefficient (Wildman–Crippen LogP) is 2.26. The molecule has 1 rings (SSSR count). The zero-order valence-corrected chi connectivity index (χ0v) is 8.48. The second kappa shape index (κ2) is 3.93. The summed E-state index contributed by atoms with van der Waals surface area (Å²) >= 11 is 0. The highest BCUT2D eigenvalue weighted by atomic mass is 19.3. The lowest BCUT2D eigenvalue weighted by Gasteiger charge is -2.35. The Morgan fingerprint density at radius 3 is 2.21 bits per heavy atom. The summed E-state index contributed by atoms with van der Waals surface area (Å²) in [5.41, 5.74) is 4.85. The Morgan fingerprint density at radius 2 is 1.79 bits per heavy atom. The minimum Gasteiger partial charge on any atom is -0.319 e. The molecule has 14 heavy (non-hydrogen) atoms. The normalized spacial score (nSPS) is 24.6. The molecule has 0 bridgehead atoms. The van der Waals surface area contributed by atoms with Crippen molar-refractivity contribution < 1.29 is 13.6 Å². The van der Waals surface area contributed by atoms with E-state index in [4.69, 9.17) is 5.73 Å². The summed E-state index contributed by atoms with van der Waals surface area (Å²) in [6.45, 7) is 1.89. The fraction of sp³-hybridized carbons (Fsp3) is 0.900. The summed E-state index contributed by atoms with van der Waals surface area (Å²) in [6.07, 6.45) is 0.881. The molecule has 82 valence electrons. The van der Waals surface area contributed by atoms with Gasteiger partial charge in [-0.25, -0.2) is 8.78 Å². The molecule has 4 heteroatoms. The number of alkyl halides is 2. The van der Waals surface area contributed by atoms with Crippen LogP contribution in [0.4, 0.5) is 8.78 Å². The van der Waals surface area contributed by atoms with E-state index in [1.807, 2.05) is 6.92 Å². The third-order valence-corrected chi connectivity index (χ3v) is 2.91. The van der Waals surface area contributed by atoms with Gasteiger partial charge in [0.15, 0.2) is 5.78 Å². The molecule has 0 aromatic rings. The molecule has 0 aliphatic heterocycles. The molecule has 1 aliphatic rings. The first-order valence-corrected chi connectivity index (χ1v) is 5.10. The Kier molecular flexibility index (Phi) is 3.24. The molecule has 2 nitrogen and oxygen atoms in total. The van der Waals surface area contributed by atoms with Crippen LogP contribution in [0.3, 0.4) is 0 Å². The second-order valence-electron chi connectivity index (χ2n) is 4.19. The van der Waals surface area contributed by atoms with Crippen molar-refractivity contribution in [3.63, 3.8) is 0 Å². The van der Waals surface area contributed by atoms with Crippen LogP contribution in [-0.2, 0) is 4.79 Å². The van der Waals surface area contributed by atoms with E-state index in [1.165, 1.54) is 0 Å². The Hall–Kier alpha value is -0.510. The third kappa shape index (κ3) is 2.50. The van der Waals surface area contributed by atoms with Crippen LogP contribution in [0.25, 0.3) is 0 Å². The van der Waals surface area contributed by atoms with Crippen molar-refractivity contribution in [3.8, 4) is 0 Å². The third-order valence-electron chi connectivity index (χ3n) is 2.91. The predicted molar refractivity (Wildman–Crippen MR) is 50.2 cm³/mol. The van der Waals surface area contributed by atoms with Crippen molar-refractivity contribution in [3.05, 3.63) is 0 Å². The van der Waals surface area contributed by atoms with E-state index in [-0.39, 0.29) is 31.5 Å². The fourth-order valence-corrected chi connectivity index (χ4v) is 1.82. The summed E-state index contributed by atoms with van der Waals surface area (Å²) in [5.74, 6) is -2.68. The number of carbonyl (C=O) groups is 1. The molecule has 1 aliphatic carbocycles. The van der Waals surface area contributed by atoms with E-state index in [0.29, 0.717) is 6.42 Å². The van der Waals surface area contributed by atoms with Crippen LogP contribution < -0.4 is 5.73 Å². The number of halogens is 2. The minimum atomic E-state index is -2.62. The van der Waals surface area contributed by atoms with Gasteiger partial charge in [0.1, 0.15) is 0 Å². The van der Waals surface area contributed by atoms with Gasteiger partial charge in [-0.1, -0.05) is 6.92 Å². The molecule has 0 amide bonds. The van der Waals surface area contributed by atoms with Gasteiger partial charge in [-0.05, 0) is 19.3 Å². The SMILES string of the molecule is CCCC(=O)C1(N)CCC(F)(F)CC1. The lowest BCUT2D eigenvalue weighted by atomic mass is 9.77. The maximum atomic E-state index is 12.8. The van der Waals surface area contributed by atoms with Gasteiger partial charge in [0, 0.05) is 19.3 Å². The van der Waals surface area contributed by atoms with Crippen LogP contribution in [0.1, 0.15) is 45.4 Å². The molecule has 0 saturated heterocycles. The second-order valence-corrected chi connectivity index (χ2v) is 4.19. The first-order valence-electron chi connectivity index (χ1n) is 5.10. The van der Waals surface area contributed by atoms with E-state index in [1.54, 1.807) is 0 Å². The number of Topliss-reactive ketones (excluding diaryl/α,β-unsaturated/α-hetero) is 1. The standard InChI is InChI=1S/C10H17F2NO/c1-2-3-8(14)9(13)4-6-10(11,12)7-5-9/h2-7,13H2,1H3. The van der Waals surface area contributed by atoms with E-state index in [2.05, 4.69) is 0 Å². The van der Waals surface area contributed by atoms with Crippen molar-refractivity contribution in [2.45, 2.75) is 56.9 Å². The quantitative estimate of drug-likeness (QED) is 0.768. The zero-order chi connectivity index (χ0) is 10.8. The van der Waals surface area contributed by atoms with Gasteiger partial charge < -0.3 is 5.73 Å². The van der Waals surface area contributed by atoms with Crippen LogP contribution in [-0.4, -0.2) is 17.2 Å². The maximum absolute atomic E-state index is 12.8. The smallest absolute Gasteiger partial charge is 0.248 e. The van der Waals surface area contributed by atoms with Gasteiger partial charge in [-0.15, -0.1) is 0 Å². The number of rotatable bonds is 3. The van der Waals surface area contributed by atoms with E-state index >= 15 is 0 Å². The molecular weight excluding hydrogens is 188 g/mol. The van der Waals surface area contributed by atoms with Crippen LogP contribution in [0.5, 0.6) is 0 Å². The lowest BCUT2D eigenvalue weighted by molar-refractivity contribution is -0.129. The van der Waals surface area contributed by atoms with Gasteiger partial charge in [0.25, 0.3) is 0 Å². The topological polar surface area (TPSA) is 43.1 Å². The molecule has 0 radical (unpaired) electrons. The Morgan fingerprint density at radius 1 is 1.29 bits per heavy atom. The summed E-state index contributed by atoms with van der Waals surface area (Å²) < 4.78 is 25.7. The molecular formula is C10H17F2NO. The van der Waals surface area contributed by atoms with Gasteiger partial charge >= 0.3 is 0 Å². The van der Waals surface area contributed by atoms with Gasteiger partial charge in [-0.2, -0.15) is 0 Å². The lowest BCUT2D eigenvalue weighted by Crippen LogP contribution is -2.52. The van der Waals surface area contributed by atoms with Crippen molar-refractivity contribution in [1.82, 2.24) is 0 Å². The summed E-state index contributed by atoms with van der Waals surface area (Å²) in [7, 11) is 0. The molecule has 2 N–H and O–H groups in total. The van der Waals surface area contributed by atoms with Crippen molar-refractivity contribution in [2.24, 2.45) is 5.73 Å². The average Bonchev–Trinajstić information content (AvgIpc) is 2.11. The Labute approximate surface area is 82.9 Å². The molecule has 0 spiro atoms. The van der Waals surface area contributed by atoms with Crippen LogP contribution in [0.15, 0.2) is 0 Å². The highest BCUT2D eigenvalue weighted by Crippen LogP contribution is 2.38. The highest BCUT2D eigenvalue weighted by molar-refractivity contribution is 5.88. The molecule has 0 unspecified atom stereocenters. The molecule has 0 aromatic heterocycles. The van der Waals surface area contributed by atoms with Crippen molar-refractivity contribution in [1.29, 1.82) is 0 Å².